The Morgan fingerprint density at radius 1 is 0.844 bits per heavy atom. The molecule has 4 atom stereocenters. The maximum Gasteiger partial charge on any atom is 0.173 e. The standard InChI is InChI=1S/C27H23BrO4/c1-27(32)16-21(29)23(25(30)18-8-4-2-5-9-18)22(17-12-14-20(28)15-13-17)24(27)26(31)19-10-6-3-7-11-19/h2-15,22-24,32H,16H2,1H3/t22-,23+,24+,27+/m0/s1. The summed E-state index contributed by atoms with van der Waals surface area (Å²) in [6.45, 7) is 1.52. The molecule has 1 saturated carbocycles. The van der Waals surface area contributed by atoms with E-state index in [9.17, 15) is 19.5 Å². The van der Waals surface area contributed by atoms with Crippen LogP contribution < -0.4 is 0 Å². The van der Waals surface area contributed by atoms with Crippen molar-refractivity contribution in [3.8, 4) is 0 Å². The molecule has 0 amide bonds. The van der Waals surface area contributed by atoms with E-state index in [0.717, 1.165) is 4.47 Å². The number of hydrogen-bond acceptors (Lipinski definition) is 4. The second-order valence-electron chi connectivity index (χ2n) is 8.49. The second-order valence-corrected chi connectivity index (χ2v) is 9.41. The number of Topliss-reactive ketones (excluding diaryl/α,β-unsaturated/α-hetero) is 3. The van der Waals surface area contributed by atoms with Gasteiger partial charge in [-0.1, -0.05) is 88.7 Å². The molecule has 0 unspecified atom stereocenters. The highest BCUT2D eigenvalue weighted by Crippen LogP contribution is 2.48. The zero-order valence-electron chi connectivity index (χ0n) is 17.6. The van der Waals surface area contributed by atoms with E-state index >= 15 is 0 Å². The first-order chi connectivity index (χ1) is 15.3. The molecule has 162 valence electrons. The molecule has 0 bridgehead atoms. The molecule has 4 rings (SSSR count). The zero-order valence-corrected chi connectivity index (χ0v) is 19.2. The number of hydrogen-bond donors (Lipinski definition) is 1. The van der Waals surface area contributed by atoms with E-state index in [0.29, 0.717) is 16.7 Å². The van der Waals surface area contributed by atoms with E-state index in [1.165, 1.54) is 6.92 Å². The van der Waals surface area contributed by atoms with E-state index in [4.69, 9.17) is 0 Å². The van der Waals surface area contributed by atoms with Crippen molar-refractivity contribution in [2.45, 2.75) is 24.9 Å². The monoisotopic (exact) mass is 490 g/mol. The van der Waals surface area contributed by atoms with Crippen LogP contribution in [0, 0.1) is 11.8 Å². The van der Waals surface area contributed by atoms with Gasteiger partial charge in [0.05, 0.1) is 17.4 Å². The number of ketones is 3. The summed E-state index contributed by atoms with van der Waals surface area (Å²) in [6, 6.07) is 24.6. The summed E-state index contributed by atoms with van der Waals surface area (Å²) in [4.78, 5) is 40.5. The Labute approximate surface area is 195 Å². The van der Waals surface area contributed by atoms with E-state index in [1.807, 2.05) is 18.2 Å². The van der Waals surface area contributed by atoms with Gasteiger partial charge in [-0.15, -0.1) is 0 Å². The van der Waals surface area contributed by atoms with Crippen molar-refractivity contribution in [2.75, 3.05) is 0 Å². The lowest BCUT2D eigenvalue weighted by Gasteiger charge is -2.45. The van der Waals surface area contributed by atoms with Crippen molar-refractivity contribution in [1.29, 1.82) is 0 Å². The van der Waals surface area contributed by atoms with Crippen LogP contribution in [0.2, 0.25) is 0 Å². The molecule has 4 nitrogen and oxygen atoms in total. The first-order valence-corrected chi connectivity index (χ1v) is 11.3. The summed E-state index contributed by atoms with van der Waals surface area (Å²) in [5, 5.41) is 11.3. The molecule has 5 heteroatoms. The second kappa shape index (κ2) is 8.93. The molecule has 0 aliphatic heterocycles. The molecule has 3 aromatic rings. The number of carbonyl (C=O) groups excluding carboxylic acids is 3. The van der Waals surface area contributed by atoms with Gasteiger partial charge >= 0.3 is 0 Å². The molecule has 0 heterocycles. The Hall–Kier alpha value is -2.89. The minimum atomic E-state index is -1.59. The number of carbonyl (C=O) groups is 3. The van der Waals surface area contributed by atoms with Crippen LogP contribution in [0.5, 0.6) is 0 Å². The third-order valence-corrected chi connectivity index (χ3v) is 6.73. The van der Waals surface area contributed by atoms with Crippen molar-refractivity contribution in [3.05, 3.63) is 106 Å². The molecular formula is C27H23BrO4. The Bertz CT molecular complexity index is 1140. The van der Waals surface area contributed by atoms with Gasteiger partial charge in [0.1, 0.15) is 5.78 Å². The molecule has 1 aliphatic carbocycles. The Morgan fingerprint density at radius 2 is 1.34 bits per heavy atom. The maximum atomic E-state index is 13.7. The van der Waals surface area contributed by atoms with Gasteiger partial charge in [-0.05, 0) is 24.6 Å². The minimum absolute atomic E-state index is 0.257. The summed E-state index contributed by atoms with van der Waals surface area (Å²) in [7, 11) is 0. The lowest BCUT2D eigenvalue weighted by molar-refractivity contribution is -0.134. The Kier molecular flexibility index (Phi) is 6.22. The van der Waals surface area contributed by atoms with Crippen molar-refractivity contribution in [3.63, 3.8) is 0 Å². The van der Waals surface area contributed by atoms with Gasteiger partial charge in [-0.3, -0.25) is 14.4 Å². The summed E-state index contributed by atoms with van der Waals surface area (Å²) in [6.07, 6.45) is -0.257. The third kappa shape index (κ3) is 4.23. The van der Waals surface area contributed by atoms with E-state index < -0.39 is 23.4 Å². The van der Waals surface area contributed by atoms with Crippen LogP contribution in [0.1, 0.15) is 45.5 Å². The summed E-state index contributed by atoms with van der Waals surface area (Å²) >= 11 is 3.42. The first kappa shape index (κ1) is 22.3. The van der Waals surface area contributed by atoms with Gasteiger partial charge in [-0.2, -0.15) is 0 Å². The minimum Gasteiger partial charge on any atom is -0.389 e. The van der Waals surface area contributed by atoms with Gasteiger partial charge in [0, 0.05) is 27.9 Å². The van der Waals surface area contributed by atoms with Gasteiger partial charge in [0.2, 0.25) is 0 Å². The quantitative estimate of drug-likeness (QED) is 0.391. The molecule has 0 radical (unpaired) electrons. The molecule has 0 saturated heterocycles. The predicted octanol–water partition coefficient (Wildman–Crippen LogP) is 5.25. The van der Waals surface area contributed by atoms with Crippen molar-refractivity contribution >= 4 is 33.3 Å². The Morgan fingerprint density at radius 3 is 1.88 bits per heavy atom. The fourth-order valence-corrected chi connectivity index (χ4v) is 5.01. The van der Waals surface area contributed by atoms with Crippen molar-refractivity contribution < 1.29 is 19.5 Å². The highest BCUT2D eigenvalue weighted by atomic mass is 79.9. The normalized spacial score (nSPS) is 25.3. The zero-order chi connectivity index (χ0) is 22.9. The van der Waals surface area contributed by atoms with Crippen molar-refractivity contribution in [1.82, 2.24) is 0 Å². The van der Waals surface area contributed by atoms with E-state index in [-0.39, 0.29) is 23.8 Å². The number of aliphatic hydroxyl groups is 1. The van der Waals surface area contributed by atoms with Gasteiger partial charge in [-0.25, -0.2) is 0 Å². The number of rotatable bonds is 5. The first-order valence-electron chi connectivity index (χ1n) is 10.5. The van der Waals surface area contributed by atoms with Crippen LogP contribution in [-0.2, 0) is 4.79 Å². The summed E-state index contributed by atoms with van der Waals surface area (Å²) < 4.78 is 0.840. The van der Waals surface area contributed by atoms with Crippen LogP contribution in [-0.4, -0.2) is 28.1 Å². The molecule has 3 aromatic carbocycles. The summed E-state index contributed by atoms with van der Waals surface area (Å²) in [5.41, 5.74) is -0.0551. The molecule has 1 aliphatic rings. The van der Waals surface area contributed by atoms with Gasteiger partial charge in [0.15, 0.2) is 11.6 Å². The van der Waals surface area contributed by atoms with Crippen LogP contribution in [0.25, 0.3) is 0 Å². The molecular weight excluding hydrogens is 468 g/mol. The lowest BCUT2D eigenvalue weighted by atomic mass is 9.58. The van der Waals surface area contributed by atoms with E-state index in [2.05, 4.69) is 15.9 Å². The third-order valence-electron chi connectivity index (χ3n) is 6.20. The highest BCUT2D eigenvalue weighted by Gasteiger charge is 2.55. The van der Waals surface area contributed by atoms with Crippen LogP contribution in [0.3, 0.4) is 0 Å². The largest absolute Gasteiger partial charge is 0.389 e. The van der Waals surface area contributed by atoms with Gasteiger partial charge < -0.3 is 5.11 Å². The molecule has 1 N–H and O–H groups in total. The molecule has 0 aromatic heterocycles. The van der Waals surface area contributed by atoms with Crippen LogP contribution in [0.4, 0.5) is 0 Å². The van der Waals surface area contributed by atoms with Crippen LogP contribution in [0.15, 0.2) is 89.4 Å². The summed E-state index contributed by atoms with van der Waals surface area (Å²) in [5.74, 6) is -3.77. The van der Waals surface area contributed by atoms with Crippen molar-refractivity contribution in [2.24, 2.45) is 11.8 Å². The average molecular weight is 491 g/mol. The maximum absolute atomic E-state index is 13.7. The van der Waals surface area contributed by atoms with Gasteiger partial charge in [0.25, 0.3) is 0 Å². The smallest absolute Gasteiger partial charge is 0.173 e. The predicted molar refractivity (Wildman–Crippen MR) is 126 cm³/mol. The average Bonchev–Trinajstić information content (AvgIpc) is 2.79. The van der Waals surface area contributed by atoms with E-state index in [1.54, 1.807) is 66.7 Å². The molecule has 1 fully saturated rings. The molecule has 32 heavy (non-hydrogen) atoms. The number of halogens is 1. The fraction of sp³-hybridized carbons (Fsp3) is 0.222. The fourth-order valence-electron chi connectivity index (χ4n) is 4.74. The Balaban J connectivity index is 1.89. The van der Waals surface area contributed by atoms with Crippen LogP contribution >= 0.6 is 15.9 Å². The SMILES string of the molecule is C[C@@]1(O)CC(=O)[C@@H](C(=O)c2ccccc2)[C@H](c2ccc(Br)cc2)[C@@H]1C(=O)c1ccccc1. The molecule has 0 spiro atoms. The number of benzene rings is 3. The highest BCUT2D eigenvalue weighted by molar-refractivity contribution is 9.10. The lowest BCUT2D eigenvalue weighted by Crippen LogP contribution is -2.54. The topological polar surface area (TPSA) is 71.4 Å².